The molecule has 4 heteroatoms. The third kappa shape index (κ3) is 3.68. The van der Waals surface area contributed by atoms with Crippen LogP contribution in [-0.2, 0) is 16.9 Å². The summed E-state index contributed by atoms with van der Waals surface area (Å²) in [5.74, 6) is -0.691. The van der Waals surface area contributed by atoms with Gasteiger partial charge in [-0.2, -0.15) is 0 Å². The van der Waals surface area contributed by atoms with Gasteiger partial charge in [-0.3, -0.25) is 9.59 Å². The van der Waals surface area contributed by atoms with Crippen molar-refractivity contribution in [2.45, 2.75) is 46.3 Å². The predicted octanol–water partition coefficient (Wildman–Crippen LogP) is 4.93. The molecule has 1 heterocycles. The Morgan fingerprint density at radius 1 is 0.903 bits per heavy atom. The molecule has 0 unspecified atom stereocenters. The van der Waals surface area contributed by atoms with E-state index in [0.717, 1.165) is 27.8 Å². The van der Waals surface area contributed by atoms with Crippen LogP contribution in [-0.4, -0.2) is 16.8 Å². The fourth-order valence-electron chi connectivity index (χ4n) is 4.48. The number of carbonyl (C=O) groups is 2. The van der Waals surface area contributed by atoms with Gasteiger partial charge in [0.1, 0.15) is 0 Å². The predicted molar refractivity (Wildman–Crippen MR) is 122 cm³/mol. The van der Waals surface area contributed by atoms with E-state index in [9.17, 15) is 14.7 Å². The first-order chi connectivity index (χ1) is 14.7. The van der Waals surface area contributed by atoms with Crippen LogP contribution in [0, 0.1) is 27.7 Å². The lowest BCUT2D eigenvalue weighted by molar-refractivity contribution is -0.136. The molecule has 1 N–H and O–H groups in total. The highest BCUT2D eigenvalue weighted by molar-refractivity contribution is 6.11. The third-order valence-electron chi connectivity index (χ3n) is 6.16. The van der Waals surface area contributed by atoms with Gasteiger partial charge in [0.15, 0.2) is 11.4 Å². The first-order valence-corrected chi connectivity index (χ1v) is 10.5. The molecule has 1 atom stereocenters. The van der Waals surface area contributed by atoms with Crippen molar-refractivity contribution in [1.82, 2.24) is 0 Å². The standard InChI is InChI=1S/C27H27NO3/c1-17-9-11-21(19(3)13-17)16-28-24-8-6-5-7-23(24)27(31,26(28)30)15-25(29)22-12-10-18(2)14-20(22)4/h5-14,31H,15-16H2,1-4H3/t27-/m0/s1. The molecule has 158 valence electrons. The third-order valence-corrected chi connectivity index (χ3v) is 6.16. The maximum atomic E-state index is 13.5. The highest BCUT2D eigenvalue weighted by Crippen LogP contribution is 2.43. The van der Waals surface area contributed by atoms with Crippen LogP contribution in [0.15, 0.2) is 60.7 Å². The fourth-order valence-corrected chi connectivity index (χ4v) is 4.48. The molecule has 31 heavy (non-hydrogen) atoms. The Balaban J connectivity index is 1.70. The molecule has 0 aromatic heterocycles. The molecule has 0 fully saturated rings. The number of fused-ring (bicyclic) bond motifs is 1. The van der Waals surface area contributed by atoms with Crippen LogP contribution < -0.4 is 4.90 Å². The second-order valence-corrected chi connectivity index (χ2v) is 8.62. The van der Waals surface area contributed by atoms with Gasteiger partial charge in [-0.1, -0.05) is 65.7 Å². The normalized spacial score (nSPS) is 17.7. The number of para-hydroxylation sites is 1. The number of anilines is 1. The Kier molecular flexibility index (Phi) is 5.28. The smallest absolute Gasteiger partial charge is 0.264 e. The number of ketones is 1. The maximum absolute atomic E-state index is 13.5. The van der Waals surface area contributed by atoms with Gasteiger partial charge in [-0.05, 0) is 50.5 Å². The zero-order valence-corrected chi connectivity index (χ0v) is 18.4. The van der Waals surface area contributed by atoms with Crippen LogP contribution in [0.4, 0.5) is 5.69 Å². The monoisotopic (exact) mass is 413 g/mol. The fraction of sp³-hybridized carbons (Fsp3) is 0.259. The van der Waals surface area contributed by atoms with Crippen LogP contribution in [0.5, 0.6) is 0 Å². The minimum atomic E-state index is -1.87. The summed E-state index contributed by atoms with van der Waals surface area (Å²) in [6.45, 7) is 8.24. The van der Waals surface area contributed by atoms with Gasteiger partial charge in [0.05, 0.1) is 18.7 Å². The number of aryl methyl sites for hydroxylation is 4. The SMILES string of the molecule is Cc1ccc(CN2C(=O)[C@](O)(CC(=O)c3ccc(C)cc3C)c3ccccc32)c(C)c1. The average molecular weight is 414 g/mol. The van der Waals surface area contributed by atoms with E-state index >= 15 is 0 Å². The van der Waals surface area contributed by atoms with Crippen LogP contribution in [0.25, 0.3) is 0 Å². The van der Waals surface area contributed by atoms with Crippen molar-refractivity contribution < 1.29 is 14.7 Å². The quantitative estimate of drug-likeness (QED) is 0.604. The van der Waals surface area contributed by atoms with Gasteiger partial charge in [0.25, 0.3) is 5.91 Å². The van der Waals surface area contributed by atoms with E-state index in [-0.39, 0.29) is 12.2 Å². The van der Waals surface area contributed by atoms with Crippen molar-refractivity contribution in [3.05, 3.63) is 99.6 Å². The Hall–Kier alpha value is -3.24. The molecule has 0 saturated carbocycles. The molecule has 4 nitrogen and oxygen atoms in total. The van der Waals surface area contributed by atoms with Gasteiger partial charge < -0.3 is 10.0 Å². The molecule has 0 bridgehead atoms. The number of amides is 1. The molecular formula is C27H27NO3. The van der Waals surface area contributed by atoms with Gasteiger partial charge in [0, 0.05) is 11.1 Å². The number of benzene rings is 3. The van der Waals surface area contributed by atoms with Gasteiger partial charge >= 0.3 is 0 Å². The van der Waals surface area contributed by atoms with E-state index in [0.29, 0.717) is 23.4 Å². The van der Waals surface area contributed by atoms with Crippen molar-refractivity contribution in [3.8, 4) is 0 Å². The van der Waals surface area contributed by atoms with E-state index < -0.39 is 11.5 Å². The second-order valence-electron chi connectivity index (χ2n) is 8.62. The van der Waals surface area contributed by atoms with Crippen molar-refractivity contribution >= 4 is 17.4 Å². The summed E-state index contributed by atoms with van der Waals surface area (Å²) in [5, 5.41) is 11.5. The number of aliphatic hydroxyl groups is 1. The van der Waals surface area contributed by atoms with E-state index in [1.54, 1.807) is 23.1 Å². The summed E-state index contributed by atoms with van der Waals surface area (Å²) in [4.78, 5) is 28.2. The summed E-state index contributed by atoms with van der Waals surface area (Å²) < 4.78 is 0. The van der Waals surface area contributed by atoms with Crippen molar-refractivity contribution in [2.24, 2.45) is 0 Å². The molecule has 3 aromatic carbocycles. The van der Waals surface area contributed by atoms with Crippen LogP contribution in [0.3, 0.4) is 0 Å². The molecule has 0 spiro atoms. The number of rotatable bonds is 5. The number of Topliss-reactive ketones (excluding diaryl/α,β-unsaturated/α-hetero) is 1. The van der Waals surface area contributed by atoms with Crippen LogP contribution >= 0.6 is 0 Å². The van der Waals surface area contributed by atoms with Gasteiger partial charge in [-0.15, -0.1) is 0 Å². The molecule has 0 radical (unpaired) electrons. The molecule has 3 aromatic rings. The van der Waals surface area contributed by atoms with Crippen LogP contribution in [0.1, 0.15) is 50.2 Å². The molecule has 1 aliphatic rings. The highest BCUT2D eigenvalue weighted by Gasteiger charge is 2.50. The summed E-state index contributed by atoms with van der Waals surface area (Å²) in [7, 11) is 0. The topological polar surface area (TPSA) is 57.6 Å². The van der Waals surface area contributed by atoms with E-state index in [4.69, 9.17) is 0 Å². The summed E-state index contributed by atoms with van der Waals surface area (Å²) in [6, 6.07) is 18.9. The van der Waals surface area contributed by atoms with E-state index in [2.05, 4.69) is 6.07 Å². The Morgan fingerprint density at radius 3 is 2.23 bits per heavy atom. The zero-order valence-electron chi connectivity index (χ0n) is 18.4. The van der Waals surface area contributed by atoms with E-state index in [1.165, 1.54) is 0 Å². The van der Waals surface area contributed by atoms with Crippen molar-refractivity contribution in [3.63, 3.8) is 0 Å². The number of nitrogens with zero attached hydrogens (tertiary/aromatic N) is 1. The Morgan fingerprint density at radius 2 is 1.55 bits per heavy atom. The summed E-state index contributed by atoms with van der Waals surface area (Å²) >= 11 is 0. The maximum Gasteiger partial charge on any atom is 0.264 e. The number of carbonyl (C=O) groups excluding carboxylic acids is 2. The molecule has 1 amide bonds. The number of hydrogen-bond acceptors (Lipinski definition) is 3. The first kappa shape index (κ1) is 21.0. The summed E-state index contributed by atoms with van der Waals surface area (Å²) in [5.41, 5.74) is 4.98. The number of hydrogen-bond donors (Lipinski definition) is 1. The molecular weight excluding hydrogens is 386 g/mol. The molecule has 0 saturated heterocycles. The van der Waals surface area contributed by atoms with Crippen molar-refractivity contribution in [2.75, 3.05) is 4.90 Å². The minimum Gasteiger partial charge on any atom is -0.375 e. The summed E-state index contributed by atoms with van der Waals surface area (Å²) in [6.07, 6.45) is -0.282. The lowest BCUT2D eigenvalue weighted by Gasteiger charge is -2.23. The second kappa shape index (κ2) is 7.78. The average Bonchev–Trinajstić information content (AvgIpc) is 2.92. The van der Waals surface area contributed by atoms with Gasteiger partial charge in [0.2, 0.25) is 0 Å². The Bertz CT molecular complexity index is 1200. The first-order valence-electron chi connectivity index (χ1n) is 10.5. The minimum absolute atomic E-state index is 0.239. The lowest BCUT2D eigenvalue weighted by atomic mass is 9.87. The van der Waals surface area contributed by atoms with Gasteiger partial charge in [-0.25, -0.2) is 0 Å². The Labute approximate surface area is 183 Å². The highest BCUT2D eigenvalue weighted by atomic mass is 16.3. The molecule has 0 aliphatic carbocycles. The lowest BCUT2D eigenvalue weighted by Crippen LogP contribution is -2.41. The van der Waals surface area contributed by atoms with E-state index in [1.807, 2.05) is 64.1 Å². The zero-order chi connectivity index (χ0) is 22.3. The molecule has 4 rings (SSSR count). The molecule has 1 aliphatic heterocycles. The van der Waals surface area contributed by atoms with Crippen molar-refractivity contribution in [1.29, 1.82) is 0 Å². The largest absolute Gasteiger partial charge is 0.375 e. The van der Waals surface area contributed by atoms with Crippen LogP contribution in [0.2, 0.25) is 0 Å².